The standard InChI is InChI=1S/C18H34N2O2/c1-4-15-6-5-10-20(11-7-15)18(21)17(14(2)3)19-16-8-12-22-13-9-16/h14-17,19H,4-13H2,1-3H3/t15-,17-/m1/s1. The maximum Gasteiger partial charge on any atom is 0.239 e. The van der Waals surface area contributed by atoms with Gasteiger partial charge in [0.05, 0.1) is 6.04 Å². The first-order valence-electron chi connectivity index (χ1n) is 9.24. The van der Waals surface area contributed by atoms with Crippen LogP contribution in [0, 0.1) is 11.8 Å². The smallest absolute Gasteiger partial charge is 0.239 e. The Hall–Kier alpha value is -0.610. The second-order valence-corrected chi connectivity index (χ2v) is 7.31. The van der Waals surface area contributed by atoms with Crippen LogP contribution in [-0.2, 0) is 9.53 Å². The van der Waals surface area contributed by atoms with Gasteiger partial charge in [0.15, 0.2) is 0 Å². The molecule has 22 heavy (non-hydrogen) atoms. The highest BCUT2D eigenvalue weighted by Crippen LogP contribution is 2.22. The van der Waals surface area contributed by atoms with Crippen molar-refractivity contribution in [3.63, 3.8) is 0 Å². The van der Waals surface area contributed by atoms with E-state index in [1.807, 2.05) is 0 Å². The Morgan fingerprint density at radius 2 is 1.91 bits per heavy atom. The fourth-order valence-corrected chi connectivity index (χ4v) is 3.66. The molecule has 1 amide bonds. The molecule has 0 aliphatic carbocycles. The lowest BCUT2D eigenvalue weighted by Gasteiger charge is -2.33. The first-order chi connectivity index (χ1) is 10.6. The summed E-state index contributed by atoms with van der Waals surface area (Å²) in [6.45, 7) is 10.1. The summed E-state index contributed by atoms with van der Waals surface area (Å²) in [6.07, 6.45) is 6.90. The molecule has 2 heterocycles. The van der Waals surface area contributed by atoms with Gasteiger partial charge in [0.2, 0.25) is 5.91 Å². The summed E-state index contributed by atoms with van der Waals surface area (Å²) in [4.78, 5) is 15.1. The van der Waals surface area contributed by atoms with Gasteiger partial charge in [0, 0.05) is 32.3 Å². The summed E-state index contributed by atoms with van der Waals surface area (Å²) in [5, 5.41) is 3.63. The lowest BCUT2D eigenvalue weighted by atomic mass is 9.98. The third-order valence-corrected chi connectivity index (χ3v) is 5.31. The van der Waals surface area contributed by atoms with Crippen LogP contribution < -0.4 is 5.32 Å². The van der Waals surface area contributed by atoms with Crippen LogP contribution in [0.3, 0.4) is 0 Å². The molecule has 2 rings (SSSR count). The monoisotopic (exact) mass is 310 g/mol. The van der Waals surface area contributed by atoms with Crippen molar-refractivity contribution < 1.29 is 9.53 Å². The predicted octanol–water partition coefficient (Wildman–Crippen LogP) is 2.82. The zero-order valence-electron chi connectivity index (χ0n) is 14.6. The minimum atomic E-state index is -0.0405. The molecule has 1 N–H and O–H groups in total. The minimum Gasteiger partial charge on any atom is -0.381 e. The van der Waals surface area contributed by atoms with E-state index >= 15 is 0 Å². The van der Waals surface area contributed by atoms with Crippen LogP contribution in [0.4, 0.5) is 0 Å². The number of amides is 1. The average molecular weight is 310 g/mol. The van der Waals surface area contributed by atoms with Gasteiger partial charge < -0.3 is 15.0 Å². The van der Waals surface area contributed by atoms with Crippen molar-refractivity contribution in [2.45, 2.75) is 71.4 Å². The molecule has 2 saturated heterocycles. The number of nitrogens with zero attached hydrogens (tertiary/aromatic N) is 1. The lowest BCUT2D eigenvalue weighted by molar-refractivity contribution is -0.135. The molecule has 0 bridgehead atoms. The fourth-order valence-electron chi connectivity index (χ4n) is 3.66. The Labute approximate surface area is 136 Å². The second kappa shape index (κ2) is 8.88. The Bertz CT molecular complexity index is 340. The molecule has 0 spiro atoms. The van der Waals surface area contributed by atoms with Gasteiger partial charge >= 0.3 is 0 Å². The summed E-state index contributed by atoms with van der Waals surface area (Å²) >= 11 is 0. The Morgan fingerprint density at radius 3 is 2.55 bits per heavy atom. The van der Waals surface area contributed by atoms with Gasteiger partial charge in [-0.15, -0.1) is 0 Å². The summed E-state index contributed by atoms with van der Waals surface area (Å²) in [7, 11) is 0. The Morgan fingerprint density at radius 1 is 1.18 bits per heavy atom. The Balaban J connectivity index is 1.93. The van der Waals surface area contributed by atoms with Crippen LogP contribution in [0.5, 0.6) is 0 Å². The number of ether oxygens (including phenoxy) is 1. The van der Waals surface area contributed by atoms with E-state index in [-0.39, 0.29) is 6.04 Å². The van der Waals surface area contributed by atoms with E-state index in [2.05, 4.69) is 31.0 Å². The first kappa shape index (κ1) is 17.7. The van der Waals surface area contributed by atoms with Crippen molar-refractivity contribution in [3.05, 3.63) is 0 Å². The molecule has 2 aliphatic heterocycles. The van der Waals surface area contributed by atoms with Crippen LogP contribution in [-0.4, -0.2) is 49.2 Å². The molecule has 2 atom stereocenters. The number of carbonyl (C=O) groups excluding carboxylic acids is 1. The molecule has 4 nitrogen and oxygen atoms in total. The molecule has 0 aromatic heterocycles. The third-order valence-electron chi connectivity index (χ3n) is 5.31. The van der Waals surface area contributed by atoms with Gasteiger partial charge in [-0.3, -0.25) is 4.79 Å². The Kier molecular flexibility index (Phi) is 7.16. The number of carbonyl (C=O) groups is 1. The van der Waals surface area contributed by atoms with E-state index in [1.54, 1.807) is 0 Å². The normalized spacial score (nSPS) is 26.0. The molecule has 128 valence electrons. The van der Waals surface area contributed by atoms with Crippen molar-refractivity contribution in [3.8, 4) is 0 Å². The molecule has 2 aliphatic rings. The van der Waals surface area contributed by atoms with Crippen molar-refractivity contribution in [2.24, 2.45) is 11.8 Å². The SMILES string of the molecule is CC[C@@H]1CCCN(C(=O)[C@H](NC2CCOCC2)C(C)C)CC1. The van der Waals surface area contributed by atoms with Crippen LogP contribution in [0.1, 0.15) is 59.3 Å². The molecule has 2 fully saturated rings. The van der Waals surface area contributed by atoms with Gasteiger partial charge in [-0.05, 0) is 43.9 Å². The zero-order chi connectivity index (χ0) is 15.9. The van der Waals surface area contributed by atoms with Crippen molar-refractivity contribution >= 4 is 5.91 Å². The van der Waals surface area contributed by atoms with Gasteiger partial charge in [0.25, 0.3) is 0 Å². The highest BCUT2D eigenvalue weighted by atomic mass is 16.5. The zero-order valence-corrected chi connectivity index (χ0v) is 14.6. The molecule has 0 radical (unpaired) electrons. The highest BCUT2D eigenvalue weighted by Gasteiger charge is 2.30. The number of likely N-dealkylation sites (tertiary alicyclic amines) is 1. The van der Waals surface area contributed by atoms with Gasteiger partial charge in [-0.2, -0.15) is 0 Å². The maximum atomic E-state index is 13.0. The summed E-state index contributed by atoms with van der Waals surface area (Å²) in [5.41, 5.74) is 0. The molecule has 4 heteroatoms. The summed E-state index contributed by atoms with van der Waals surface area (Å²) < 4.78 is 5.42. The predicted molar refractivity (Wildman–Crippen MR) is 89.8 cm³/mol. The summed E-state index contributed by atoms with van der Waals surface area (Å²) in [5.74, 6) is 1.46. The number of hydrogen-bond donors (Lipinski definition) is 1. The van der Waals surface area contributed by atoms with Crippen molar-refractivity contribution in [1.29, 1.82) is 0 Å². The van der Waals surface area contributed by atoms with E-state index in [1.165, 1.54) is 19.3 Å². The van der Waals surface area contributed by atoms with E-state index < -0.39 is 0 Å². The molecule has 0 aromatic carbocycles. The van der Waals surface area contributed by atoms with E-state index in [4.69, 9.17) is 4.74 Å². The summed E-state index contributed by atoms with van der Waals surface area (Å²) in [6, 6.07) is 0.391. The molecule has 0 saturated carbocycles. The van der Waals surface area contributed by atoms with Crippen LogP contribution in [0.15, 0.2) is 0 Å². The maximum absolute atomic E-state index is 13.0. The van der Waals surface area contributed by atoms with Gasteiger partial charge in [0.1, 0.15) is 0 Å². The fraction of sp³-hybridized carbons (Fsp3) is 0.944. The van der Waals surface area contributed by atoms with E-state index in [9.17, 15) is 4.79 Å². The van der Waals surface area contributed by atoms with E-state index in [0.29, 0.717) is 17.9 Å². The van der Waals surface area contributed by atoms with Crippen LogP contribution in [0.2, 0.25) is 0 Å². The first-order valence-corrected chi connectivity index (χ1v) is 9.24. The average Bonchev–Trinajstić information content (AvgIpc) is 2.78. The van der Waals surface area contributed by atoms with Crippen LogP contribution in [0.25, 0.3) is 0 Å². The molecule has 0 unspecified atom stereocenters. The highest BCUT2D eigenvalue weighted by molar-refractivity contribution is 5.82. The molecule has 0 aromatic rings. The van der Waals surface area contributed by atoms with Gasteiger partial charge in [-0.1, -0.05) is 27.2 Å². The number of rotatable bonds is 5. The second-order valence-electron chi connectivity index (χ2n) is 7.31. The topological polar surface area (TPSA) is 41.6 Å². The third kappa shape index (κ3) is 4.95. The van der Waals surface area contributed by atoms with Crippen molar-refractivity contribution in [1.82, 2.24) is 10.2 Å². The largest absolute Gasteiger partial charge is 0.381 e. The minimum absolute atomic E-state index is 0.0405. The van der Waals surface area contributed by atoms with Gasteiger partial charge in [-0.25, -0.2) is 0 Å². The number of hydrogen-bond acceptors (Lipinski definition) is 3. The quantitative estimate of drug-likeness (QED) is 0.849. The number of nitrogens with one attached hydrogen (secondary N) is 1. The van der Waals surface area contributed by atoms with Crippen LogP contribution >= 0.6 is 0 Å². The van der Waals surface area contributed by atoms with Crippen molar-refractivity contribution in [2.75, 3.05) is 26.3 Å². The lowest BCUT2D eigenvalue weighted by Crippen LogP contribution is -2.53. The molecular weight excluding hydrogens is 276 g/mol. The van der Waals surface area contributed by atoms with E-state index in [0.717, 1.165) is 51.5 Å². The molecular formula is C18H34N2O2.